The van der Waals surface area contributed by atoms with Crippen LogP contribution >= 0.6 is 27.7 Å². The van der Waals surface area contributed by atoms with E-state index < -0.39 is 22.6 Å². The maximum absolute atomic E-state index is 14.6. The van der Waals surface area contributed by atoms with Crippen molar-refractivity contribution in [2.75, 3.05) is 31.1 Å². The zero-order valence-corrected chi connectivity index (χ0v) is 27.4. The van der Waals surface area contributed by atoms with Crippen molar-refractivity contribution in [2.45, 2.75) is 85.7 Å². The van der Waals surface area contributed by atoms with Gasteiger partial charge in [0.15, 0.2) is 0 Å². The number of aliphatic hydroxyl groups excluding tert-OH is 1. The summed E-state index contributed by atoms with van der Waals surface area (Å²) in [6, 6.07) is 8.93. The Labute approximate surface area is 263 Å². The number of fused-ring (bicyclic) bond motifs is 1. The zero-order valence-electron chi connectivity index (χ0n) is 25.0. The van der Waals surface area contributed by atoms with Gasteiger partial charge in [-0.15, -0.1) is 24.9 Å². The topological polar surface area (TPSA) is 81.2 Å². The van der Waals surface area contributed by atoms with Gasteiger partial charge in [-0.3, -0.25) is 14.4 Å². The number of unbranched alkanes of at least 4 members (excludes halogenated alkanes) is 3. The first kappa shape index (κ1) is 32.8. The maximum atomic E-state index is 14.6. The standard InChI is InChI=1S/C33H46BrN3O4S/c1-5-15-23(4)35(18-6-2)32(41)29-33-22-25(34)28(42-33)26(27(33)31(40)37(29)20-13-8-9-14-21-38)30(39)36(19-7-3)24-16-11-10-12-17-24/h6-7,10-12,16-17,23,25-29,38H,2-3,5,8-9,13-15,18-22H2,1,4H3/t23?,25?,26-,27+,28-,29?,33?/m1/s1. The average Bonchev–Trinajstić information content (AvgIpc) is 3.57. The van der Waals surface area contributed by atoms with E-state index in [0.29, 0.717) is 26.1 Å². The predicted octanol–water partition coefficient (Wildman–Crippen LogP) is 5.43. The molecule has 0 aromatic heterocycles. The van der Waals surface area contributed by atoms with Crippen LogP contribution in [0.25, 0.3) is 0 Å². The Hall–Kier alpha value is -2.10. The largest absolute Gasteiger partial charge is 0.396 e. The second-order valence-corrected chi connectivity index (χ2v) is 14.5. The molecule has 3 aliphatic rings. The van der Waals surface area contributed by atoms with Gasteiger partial charge < -0.3 is 19.8 Å². The van der Waals surface area contributed by atoms with Crippen LogP contribution in [0.3, 0.4) is 0 Å². The summed E-state index contributed by atoms with van der Waals surface area (Å²) in [5.41, 5.74) is 0.778. The molecule has 0 radical (unpaired) electrons. The number of carbonyl (C=O) groups excluding carboxylic acids is 3. The first-order valence-corrected chi connectivity index (χ1v) is 17.2. The van der Waals surface area contributed by atoms with Crippen LogP contribution in [0, 0.1) is 11.8 Å². The third-order valence-corrected chi connectivity index (χ3v) is 12.3. The Balaban J connectivity index is 1.74. The van der Waals surface area contributed by atoms with Crippen molar-refractivity contribution in [3.63, 3.8) is 0 Å². The summed E-state index contributed by atoms with van der Waals surface area (Å²) >= 11 is 5.58. The van der Waals surface area contributed by atoms with Crippen LogP contribution in [0.5, 0.6) is 0 Å². The highest BCUT2D eigenvalue weighted by Gasteiger charge is 2.76. The van der Waals surface area contributed by atoms with Crippen molar-refractivity contribution in [3.05, 3.63) is 55.6 Å². The fourth-order valence-electron chi connectivity index (χ4n) is 7.28. The van der Waals surface area contributed by atoms with E-state index >= 15 is 0 Å². The Kier molecular flexibility index (Phi) is 11.4. The van der Waals surface area contributed by atoms with Crippen LogP contribution in [0.15, 0.2) is 55.6 Å². The van der Waals surface area contributed by atoms with Gasteiger partial charge in [0.05, 0.1) is 16.6 Å². The van der Waals surface area contributed by atoms with Crippen molar-refractivity contribution in [2.24, 2.45) is 11.8 Å². The van der Waals surface area contributed by atoms with Gasteiger partial charge in [-0.1, -0.05) is 72.5 Å². The summed E-state index contributed by atoms with van der Waals surface area (Å²) in [4.78, 5) is 49.0. The molecule has 1 aromatic carbocycles. The SMILES string of the molecule is C=CCN(C(=O)[C@H]1[C@@H]2SC3(CC2Br)C(C(=O)N(CC=C)C(C)CCC)N(CCCCCCO)C(=O)[C@H]13)c1ccccc1. The molecule has 3 amide bonds. The second kappa shape index (κ2) is 14.6. The summed E-state index contributed by atoms with van der Waals surface area (Å²) in [6.45, 7) is 13.4. The minimum atomic E-state index is -0.680. The van der Waals surface area contributed by atoms with Gasteiger partial charge in [0.1, 0.15) is 6.04 Å². The van der Waals surface area contributed by atoms with Crippen LogP contribution < -0.4 is 4.90 Å². The van der Waals surface area contributed by atoms with Crippen molar-refractivity contribution >= 4 is 51.1 Å². The summed E-state index contributed by atoms with van der Waals surface area (Å²) in [5, 5.41) is 9.11. The number of likely N-dealkylation sites (tertiary alicyclic amines) is 1. The van der Waals surface area contributed by atoms with Crippen LogP contribution in [-0.4, -0.2) is 85.8 Å². The average molecular weight is 661 g/mol. The van der Waals surface area contributed by atoms with Gasteiger partial charge >= 0.3 is 0 Å². The Morgan fingerprint density at radius 2 is 1.83 bits per heavy atom. The third kappa shape index (κ3) is 6.11. The highest BCUT2D eigenvalue weighted by atomic mass is 79.9. The lowest BCUT2D eigenvalue weighted by Gasteiger charge is -2.40. The molecule has 4 unspecified atom stereocenters. The van der Waals surface area contributed by atoms with Gasteiger partial charge in [0.25, 0.3) is 0 Å². The number of nitrogens with zero attached hydrogens (tertiary/aromatic N) is 3. The fourth-order valence-corrected chi connectivity index (χ4v) is 10.9. The van der Waals surface area contributed by atoms with Gasteiger partial charge in [0, 0.05) is 48.0 Å². The quantitative estimate of drug-likeness (QED) is 0.146. The normalized spacial score (nSPS) is 28.4. The van der Waals surface area contributed by atoms with E-state index in [-0.39, 0.29) is 40.4 Å². The molecule has 4 rings (SSSR count). The molecular formula is C33H46BrN3O4S. The molecule has 0 aliphatic carbocycles. The van der Waals surface area contributed by atoms with Gasteiger partial charge in [0.2, 0.25) is 17.7 Å². The van der Waals surface area contributed by atoms with E-state index in [4.69, 9.17) is 0 Å². The number of hydrogen-bond donors (Lipinski definition) is 1. The molecule has 230 valence electrons. The molecule has 3 fully saturated rings. The highest BCUT2D eigenvalue weighted by Crippen LogP contribution is 2.68. The number of alkyl halides is 1. The van der Waals surface area contributed by atoms with Crippen molar-refractivity contribution in [1.29, 1.82) is 0 Å². The van der Waals surface area contributed by atoms with Crippen molar-refractivity contribution in [3.8, 4) is 0 Å². The number of anilines is 1. The Morgan fingerprint density at radius 1 is 1.14 bits per heavy atom. The summed E-state index contributed by atoms with van der Waals surface area (Å²) in [7, 11) is 0. The Bertz CT molecular complexity index is 1140. The molecule has 7 atom stereocenters. The lowest BCUT2D eigenvalue weighted by atomic mass is 9.70. The van der Waals surface area contributed by atoms with Crippen LogP contribution in [0.4, 0.5) is 5.69 Å². The van der Waals surface area contributed by atoms with Crippen LogP contribution in [0.1, 0.15) is 58.8 Å². The van der Waals surface area contributed by atoms with Crippen LogP contribution in [0.2, 0.25) is 0 Å². The molecule has 1 aromatic rings. The van der Waals surface area contributed by atoms with E-state index in [9.17, 15) is 19.5 Å². The lowest BCUT2D eigenvalue weighted by Crippen LogP contribution is -2.57. The number of thioether (sulfide) groups is 1. The number of rotatable bonds is 16. The third-order valence-electron chi connectivity index (χ3n) is 9.11. The number of hydrogen-bond acceptors (Lipinski definition) is 5. The highest BCUT2D eigenvalue weighted by molar-refractivity contribution is 9.09. The summed E-state index contributed by atoms with van der Waals surface area (Å²) < 4.78 is -0.680. The fraction of sp³-hybridized carbons (Fsp3) is 0.606. The van der Waals surface area contributed by atoms with E-state index in [1.54, 1.807) is 28.8 Å². The smallest absolute Gasteiger partial charge is 0.247 e. The summed E-state index contributed by atoms with van der Waals surface area (Å²) in [6.07, 6.45) is 9.17. The molecule has 2 bridgehead atoms. The lowest BCUT2D eigenvalue weighted by molar-refractivity contribution is -0.143. The van der Waals surface area contributed by atoms with Gasteiger partial charge in [-0.05, 0) is 44.7 Å². The molecule has 1 N–H and O–H groups in total. The molecule has 3 heterocycles. The minimum absolute atomic E-state index is 0.0134. The number of para-hydroxylation sites is 1. The number of benzene rings is 1. The first-order valence-electron chi connectivity index (χ1n) is 15.4. The molecule has 1 spiro atoms. The summed E-state index contributed by atoms with van der Waals surface area (Å²) in [5.74, 6) is -1.30. The van der Waals surface area contributed by atoms with E-state index in [1.807, 2.05) is 40.1 Å². The number of aliphatic hydroxyl groups is 1. The molecule has 7 nitrogen and oxygen atoms in total. The van der Waals surface area contributed by atoms with E-state index in [0.717, 1.165) is 44.2 Å². The molecular weight excluding hydrogens is 614 g/mol. The van der Waals surface area contributed by atoms with Gasteiger partial charge in [-0.2, -0.15) is 0 Å². The number of amides is 3. The zero-order chi connectivity index (χ0) is 30.4. The molecule has 3 saturated heterocycles. The molecule has 9 heteroatoms. The Morgan fingerprint density at radius 3 is 2.48 bits per heavy atom. The van der Waals surface area contributed by atoms with E-state index in [1.165, 1.54) is 0 Å². The molecule has 0 saturated carbocycles. The molecule has 42 heavy (non-hydrogen) atoms. The predicted molar refractivity (Wildman–Crippen MR) is 175 cm³/mol. The number of carbonyl (C=O) groups is 3. The van der Waals surface area contributed by atoms with E-state index in [2.05, 4.69) is 42.9 Å². The number of halogens is 1. The molecule has 3 aliphatic heterocycles. The maximum Gasteiger partial charge on any atom is 0.247 e. The monoisotopic (exact) mass is 659 g/mol. The minimum Gasteiger partial charge on any atom is -0.396 e. The van der Waals surface area contributed by atoms with Crippen LogP contribution in [-0.2, 0) is 14.4 Å². The van der Waals surface area contributed by atoms with Crippen molar-refractivity contribution in [1.82, 2.24) is 9.80 Å². The van der Waals surface area contributed by atoms with Gasteiger partial charge in [-0.25, -0.2) is 0 Å². The first-order chi connectivity index (χ1) is 20.3. The van der Waals surface area contributed by atoms with Crippen molar-refractivity contribution < 1.29 is 19.5 Å². The second-order valence-electron chi connectivity index (χ2n) is 11.8.